The maximum atomic E-state index is 8.90. The highest BCUT2D eigenvalue weighted by Crippen LogP contribution is 2.19. The Labute approximate surface area is 114 Å². The normalized spacial score (nSPS) is 11.7. The minimum Gasteiger partial charge on any atom is -0.395 e. The van der Waals surface area contributed by atoms with Crippen molar-refractivity contribution in [1.82, 2.24) is 0 Å². The average molecular weight is 264 g/mol. The van der Waals surface area contributed by atoms with Crippen molar-refractivity contribution in [2.45, 2.75) is 12.5 Å². The van der Waals surface area contributed by atoms with E-state index in [0.717, 1.165) is 5.56 Å². The van der Waals surface area contributed by atoms with Crippen LogP contribution >= 0.6 is 12.4 Å². The molecule has 2 rings (SSSR count). The van der Waals surface area contributed by atoms with E-state index in [1.54, 1.807) is 0 Å². The monoisotopic (exact) mass is 263 g/mol. The summed E-state index contributed by atoms with van der Waals surface area (Å²) >= 11 is 0. The summed E-state index contributed by atoms with van der Waals surface area (Å²) in [5.41, 5.74) is 9.28. The molecular formula is C15H18ClNO. The molecule has 2 aromatic rings. The molecule has 0 saturated heterocycles. The van der Waals surface area contributed by atoms with Crippen LogP contribution in [0.25, 0.3) is 11.1 Å². The van der Waals surface area contributed by atoms with E-state index in [-0.39, 0.29) is 25.1 Å². The molecule has 3 N–H and O–H groups in total. The van der Waals surface area contributed by atoms with Crippen molar-refractivity contribution in [3.63, 3.8) is 0 Å². The number of aliphatic hydroxyl groups excluding tert-OH is 1. The number of rotatable bonds is 4. The lowest BCUT2D eigenvalue weighted by Gasteiger charge is -2.08. The molecule has 0 spiro atoms. The molecule has 3 heteroatoms. The van der Waals surface area contributed by atoms with Crippen LogP contribution < -0.4 is 5.73 Å². The second kappa shape index (κ2) is 7.17. The van der Waals surface area contributed by atoms with Crippen molar-refractivity contribution in [1.29, 1.82) is 0 Å². The molecule has 0 aliphatic heterocycles. The van der Waals surface area contributed by atoms with Gasteiger partial charge in [0, 0.05) is 6.04 Å². The average Bonchev–Trinajstić information content (AvgIpc) is 2.40. The summed E-state index contributed by atoms with van der Waals surface area (Å²) in [5.74, 6) is 0. The molecule has 0 bridgehead atoms. The summed E-state index contributed by atoms with van der Waals surface area (Å²) in [6, 6.07) is 18.4. The van der Waals surface area contributed by atoms with Crippen LogP contribution in [0.1, 0.15) is 5.56 Å². The first-order chi connectivity index (χ1) is 8.29. The summed E-state index contributed by atoms with van der Waals surface area (Å²) in [6.45, 7) is 0.0282. The SMILES string of the molecule is Cl.N[C@@H](CO)Cc1ccc(-c2ccccc2)cc1. The smallest absolute Gasteiger partial charge is 0.0585 e. The van der Waals surface area contributed by atoms with Crippen molar-refractivity contribution in [3.05, 3.63) is 60.2 Å². The third-order valence-electron chi connectivity index (χ3n) is 2.79. The van der Waals surface area contributed by atoms with Gasteiger partial charge in [-0.25, -0.2) is 0 Å². The molecule has 2 aromatic carbocycles. The number of nitrogens with two attached hydrogens (primary N) is 1. The summed E-state index contributed by atoms with van der Waals surface area (Å²) < 4.78 is 0. The van der Waals surface area contributed by atoms with E-state index in [4.69, 9.17) is 10.8 Å². The second-order valence-electron chi connectivity index (χ2n) is 4.21. The van der Waals surface area contributed by atoms with Crippen molar-refractivity contribution in [3.8, 4) is 11.1 Å². The Morgan fingerprint density at radius 1 is 0.889 bits per heavy atom. The zero-order chi connectivity index (χ0) is 12.1. The Morgan fingerprint density at radius 2 is 1.44 bits per heavy atom. The maximum absolute atomic E-state index is 8.90. The number of hydrogen-bond acceptors (Lipinski definition) is 2. The van der Waals surface area contributed by atoms with Crippen LogP contribution in [-0.2, 0) is 6.42 Å². The molecular weight excluding hydrogens is 246 g/mol. The number of hydrogen-bond donors (Lipinski definition) is 2. The van der Waals surface area contributed by atoms with Crippen LogP contribution in [0.2, 0.25) is 0 Å². The zero-order valence-corrected chi connectivity index (χ0v) is 10.9. The molecule has 2 nitrogen and oxygen atoms in total. The van der Waals surface area contributed by atoms with Crippen LogP contribution in [0.4, 0.5) is 0 Å². The van der Waals surface area contributed by atoms with Gasteiger partial charge in [-0.05, 0) is 23.1 Å². The fourth-order valence-electron chi connectivity index (χ4n) is 1.83. The van der Waals surface area contributed by atoms with Gasteiger partial charge in [-0.3, -0.25) is 0 Å². The molecule has 0 heterocycles. The standard InChI is InChI=1S/C15H17NO.ClH/c16-15(11-17)10-12-6-8-14(9-7-12)13-4-2-1-3-5-13;/h1-9,15,17H,10-11,16H2;1H/t15-;/m1./s1. The van der Waals surface area contributed by atoms with Crippen LogP contribution in [0.3, 0.4) is 0 Å². The first kappa shape index (κ1) is 14.7. The minimum atomic E-state index is -0.169. The van der Waals surface area contributed by atoms with Gasteiger partial charge in [0.15, 0.2) is 0 Å². The molecule has 0 saturated carbocycles. The Kier molecular flexibility index (Phi) is 5.86. The van der Waals surface area contributed by atoms with Gasteiger partial charge < -0.3 is 10.8 Å². The predicted octanol–water partition coefficient (Wildman–Crippen LogP) is 2.64. The molecule has 18 heavy (non-hydrogen) atoms. The Morgan fingerprint density at radius 3 is 2.00 bits per heavy atom. The molecule has 1 atom stereocenters. The van der Waals surface area contributed by atoms with E-state index in [1.807, 2.05) is 18.2 Å². The van der Waals surface area contributed by atoms with E-state index in [9.17, 15) is 0 Å². The molecule has 0 amide bonds. The van der Waals surface area contributed by atoms with E-state index in [0.29, 0.717) is 6.42 Å². The van der Waals surface area contributed by atoms with Gasteiger partial charge in [0.05, 0.1) is 6.61 Å². The van der Waals surface area contributed by atoms with Crippen LogP contribution in [0, 0.1) is 0 Å². The fraction of sp³-hybridized carbons (Fsp3) is 0.200. The lowest BCUT2D eigenvalue weighted by Crippen LogP contribution is -2.26. The molecule has 0 radical (unpaired) electrons. The first-order valence-corrected chi connectivity index (χ1v) is 5.80. The molecule has 0 aliphatic rings. The van der Waals surface area contributed by atoms with Gasteiger partial charge >= 0.3 is 0 Å². The fourth-order valence-corrected chi connectivity index (χ4v) is 1.83. The van der Waals surface area contributed by atoms with Crippen molar-refractivity contribution in [2.75, 3.05) is 6.61 Å². The largest absolute Gasteiger partial charge is 0.395 e. The van der Waals surface area contributed by atoms with E-state index in [1.165, 1.54) is 11.1 Å². The number of benzene rings is 2. The van der Waals surface area contributed by atoms with Gasteiger partial charge in [0.25, 0.3) is 0 Å². The lowest BCUT2D eigenvalue weighted by molar-refractivity contribution is 0.265. The van der Waals surface area contributed by atoms with Crippen molar-refractivity contribution in [2.24, 2.45) is 5.73 Å². The first-order valence-electron chi connectivity index (χ1n) is 5.80. The zero-order valence-electron chi connectivity index (χ0n) is 10.1. The third kappa shape index (κ3) is 3.84. The van der Waals surface area contributed by atoms with Gasteiger partial charge in [-0.2, -0.15) is 0 Å². The van der Waals surface area contributed by atoms with Crippen LogP contribution in [0.15, 0.2) is 54.6 Å². The lowest BCUT2D eigenvalue weighted by atomic mass is 10.0. The van der Waals surface area contributed by atoms with Crippen LogP contribution in [0.5, 0.6) is 0 Å². The Bertz CT molecular complexity index is 456. The summed E-state index contributed by atoms with van der Waals surface area (Å²) in [4.78, 5) is 0. The van der Waals surface area contributed by atoms with E-state index >= 15 is 0 Å². The molecule has 0 aliphatic carbocycles. The quantitative estimate of drug-likeness (QED) is 0.891. The topological polar surface area (TPSA) is 46.2 Å². The van der Waals surface area contributed by atoms with E-state index in [2.05, 4.69) is 36.4 Å². The highest BCUT2D eigenvalue weighted by Gasteiger charge is 2.02. The third-order valence-corrected chi connectivity index (χ3v) is 2.79. The predicted molar refractivity (Wildman–Crippen MR) is 77.9 cm³/mol. The number of aliphatic hydroxyl groups is 1. The Hall–Kier alpha value is -1.35. The van der Waals surface area contributed by atoms with Crippen molar-refractivity contribution >= 4 is 12.4 Å². The molecule has 0 fully saturated rings. The van der Waals surface area contributed by atoms with Gasteiger partial charge in [-0.1, -0.05) is 54.6 Å². The van der Waals surface area contributed by atoms with Crippen molar-refractivity contribution < 1.29 is 5.11 Å². The number of halogens is 1. The van der Waals surface area contributed by atoms with E-state index < -0.39 is 0 Å². The van der Waals surface area contributed by atoms with Gasteiger partial charge in [-0.15, -0.1) is 12.4 Å². The Balaban J connectivity index is 0.00000162. The summed E-state index contributed by atoms with van der Waals surface area (Å²) in [5, 5.41) is 8.90. The van der Waals surface area contributed by atoms with Gasteiger partial charge in [0.1, 0.15) is 0 Å². The summed E-state index contributed by atoms with van der Waals surface area (Å²) in [6.07, 6.45) is 0.714. The molecule has 96 valence electrons. The maximum Gasteiger partial charge on any atom is 0.0585 e. The van der Waals surface area contributed by atoms with Gasteiger partial charge in [0.2, 0.25) is 0 Å². The highest BCUT2D eigenvalue weighted by atomic mass is 35.5. The minimum absolute atomic E-state index is 0. The van der Waals surface area contributed by atoms with Crippen LogP contribution in [-0.4, -0.2) is 17.8 Å². The second-order valence-corrected chi connectivity index (χ2v) is 4.21. The highest BCUT2D eigenvalue weighted by molar-refractivity contribution is 5.85. The molecule has 0 aromatic heterocycles. The summed E-state index contributed by atoms with van der Waals surface area (Å²) in [7, 11) is 0. The molecule has 0 unspecified atom stereocenters.